The molecular weight excluding hydrogens is 290 g/mol. The van der Waals surface area contributed by atoms with Crippen LogP contribution < -0.4 is 0 Å². The molecule has 0 fully saturated rings. The third kappa shape index (κ3) is 3.22. The van der Waals surface area contributed by atoms with Gasteiger partial charge in [-0.15, -0.1) is 0 Å². The van der Waals surface area contributed by atoms with Crippen molar-refractivity contribution in [3.8, 4) is 0 Å². The molecule has 0 aromatic carbocycles. The highest BCUT2D eigenvalue weighted by molar-refractivity contribution is 7.89. The van der Waals surface area contributed by atoms with Gasteiger partial charge in [-0.1, -0.05) is 32.4 Å². The van der Waals surface area contributed by atoms with Crippen LogP contribution in [0.4, 0.5) is 0 Å². The summed E-state index contributed by atoms with van der Waals surface area (Å²) in [6.07, 6.45) is 2.75. The van der Waals surface area contributed by atoms with E-state index in [1.165, 1.54) is 15.9 Å². The smallest absolute Gasteiger partial charge is 0.246 e. The van der Waals surface area contributed by atoms with E-state index in [-0.39, 0.29) is 22.7 Å². The largest absolute Gasteiger partial charge is 0.462 e. The summed E-state index contributed by atoms with van der Waals surface area (Å²) in [6, 6.07) is 1.41. The van der Waals surface area contributed by atoms with Crippen molar-refractivity contribution >= 4 is 10.0 Å². The molecular formula is C15H23NO4S. The molecule has 1 N–H and O–H groups in total. The van der Waals surface area contributed by atoms with Gasteiger partial charge in [0.2, 0.25) is 10.0 Å². The fourth-order valence-corrected chi connectivity index (χ4v) is 4.11. The maximum atomic E-state index is 12.6. The van der Waals surface area contributed by atoms with E-state index in [9.17, 15) is 8.42 Å². The minimum atomic E-state index is -3.57. The Morgan fingerprint density at radius 3 is 2.48 bits per heavy atom. The molecule has 2 rings (SSSR count). The van der Waals surface area contributed by atoms with Crippen molar-refractivity contribution in [1.29, 1.82) is 0 Å². The van der Waals surface area contributed by atoms with E-state index >= 15 is 0 Å². The fraction of sp³-hybridized carbons (Fsp3) is 0.600. The van der Waals surface area contributed by atoms with Crippen LogP contribution in [-0.4, -0.2) is 30.9 Å². The molecule has 1 aliphatic rings. The lowest BCUT2D eigenvalue weighted by atomic mass is 9.83. The fourth-order valence-electron chi connectivity index (χ4n) is 2.55. The van der Waals surface area contributed by atoms with Gasteiger partial charge in [0.1, 0.15) is 23.0 Å². The van der Waals surface area contributed by atoms with E-state index in [4.69, 9.17) is 9.52 Å². The number of aliphatic hydroxyl groups is 1. The van der Waals surface area contributed by atoms with Crippen LogP contribution in [0.5, 0.6) is 0 Å². The van der Waals surface area contributed by atoms with Gasteiger partial charge in [0, 0.05) is 19.2 Å². The van der Waals surface area contributed by atoms with Crippen LogP contribution in [0, 0.1) is 12.3 Å². The molecule has 0 atom stereocenters. The molecule has 1 aromatic rings. The lowest BCUT2D eigenvalue weighted by molar-refractivity contribution is 0.244. The molecule has 0 amide bonds. The van der Waals surface area contributed by atoms with Crippen LogP contribution in [0.3, 0.4) is 0 Å². The molecule has 118 valence electrons. The molecule has 0 unspecified atom stereocenters. The highest BCUT2D eigenvalue weighted by Gasteiger charge is 2.31. The number of hydrogen-bond acceptors (Lipinski definition) is 4. The second kappa shape index (κ2) is 5.59. The number of nitrogens with zero attached hydrogens (tertiary/aromatic N) is 1. The predicted molar refractivity (Wildman–Crippen MR) is 80.3 cm³/mol. The Balaban J connectivity index is 2.26. The van der Waals surface area contributed by atoms with Crippen LogP contribution in [-0.2, 0) is 16.6 Å². The summed E-state index contributed by atoms with van der Waals surface area (Å²) < 4.78 is 32.0. The molecule has 2 heterocycles. The Hall–Kier alpha value is -1.11. The van der Waals surface area contributed by atoms with Gasteiger partial charge in [0.15, 0.2) is 0 Å². The zero-order chi connectivity index (χ0) is 15.8. The molecule has 0 saturated heterocycles. The normalized spacial score (nSPS) is 17.9. The van der Waals surface area contributed by atoms with E-state index in [1.54, 1.807) is 6.92 Å². The van der Waals surface area contributed by atoms with E-state index in [1.807, 2.05) is 6.08 Å². The molecule has 1 aromatic heterocycles. The van der Waals surface area contributed by atoms with Gasteiger partial charge in [0.25, 0.3) is 0 Å². The summed E-state index contributed by atoms with van der Waals surface area (Å²) in [6.45, 7) is 8.57. The van der Waals surface area contributed by atoms with Crippen LogP contribution in [0.25, 0.3) is 0 Å². The van der Waals surface area contributed by atoms with Crippen molar-refractivity contribution in [2.24, 2.45) is 5.41 Å². The van der Waals surface area contributed by atoms with Crippen LogP contribution in [0.1, 0.15) is 38.7 Å². The van der Waals surface area contributed by atoms with Crippen molar-refractivity contribution in [3.05, 3.63) is 29.2 Å². The maximum absolute atomic E-state index is 12.6. The number of sulfonamides is 1. The topological polar surface area (TPSA) is 70.8 Å². The van der Waals surface area contributed by atoms with Crippen molar-refractivity contribution in [3.63, 3.8) is 0 Å². The summed E-state index contributed by atoms with van der Waals surface area (Å²) in [5.74, 6) is 0.596. The highest BCUT2D eigenvalue weighted by Crippen LogP contribution is 2.32. The standard InChI is InChI=1S/C15H23NO4S/c1-11-14(9-13(10-17)20-11)21(18,19)16-7-5-12(6-8-16)15(2,3)4/h5,9,17H,6-8,10H2,1-4H3. The first-order valence-electron chi connectivity index (χ1n) is 7.06. The Morgan fingerprint density at radius 2 is 2.05 bits per heavy atom. The third-order valence-corrected chi connectivity index (χ3v) is 5.80. The van der Waals surface area contributed by atoms with Gasteiger partial charge >= 0.3 is 0 Å². The zero-order valence-electron chi connectivity index (χ0n) is 13.0. The van der Waals surface area contributed by atoms with Gasteiger partial charge in [-0.05, 0) is 18.8 Å². The molecule has 0 aliphatic carbocycles. The quantitative estimate of drug-likeness (QED) is 0.870. The Morgan fingerprint density at radius 1 is 1.38 bits per heavy atom. The Bertz CT molecular complexity index is 650. The van der Waals surface area contributed by atoms with E-state index in [0.29, 0.717) is 18.8 Å². The molecule has 21 heavy (non-hydrogen) atoms. The zero-order valence-corrected chi connectivity index (χ0v) is 13.8. The Labute approximate surface area is 126 Å². The monoisotopic (exact) mass is 313 g/mol. The highest BCUT2D eigenvalue weighted by atomic mass is 32.2. The van der Waals surface area contributed by atoms with Crippen molar-refractivity contribution in [1.82, 2.24) is 4.31 Å². The van der Waals surface area contributed by atoms with Gasteiger partial charge in [-0.3, -0.25) is 0 Å². The second-order valence-corrected chi connectivity index (χ2v) is 8.29. The average molecular weight is 313 g/mol. The predicted octanol–water partition coefficient (Wildman–Crippen LogP) is 2.45. The number of rotatable bonds is 3. The first-order valence-corrected chi connectivity index (χ1v) is 8.50. The summed E-state index contributed by atoms with van der Waals surface area (Å²) in [5.41, 5.74) is 1.36. The van der Waals surface area contributed by atoms with Crippen molar-refractivity contribution in [2.75, 3.05) is 13.1 Å². The van der Waals surface area contributed by atoms with Crippen molar-refractivity contribution in [2.45, 2.75) is 45.6 Å². The lowest BCUT2D eigenvalue weighted by Crippen LogP contribution is -2.36. The average Bonchev–Trinajstić information content (AvgIpc) is 2.80. The number of hydrogen-bond donors (Lipinski definition) is 1. The molecule has 1 aliphatic heterocycles. The second-order valence-electron chi connectivity index (χ2n) is 6.38. The summed E-state index contributed by atoms with van der Waals surface area (Å²) in [5, 5.41) is 9.06. The Kier molecular flexibility index (Phi) is 4.33. The molecule has 5 nitrogen and oxygen atoms in total. The van der Waals surface area contributed by atoms with Crippen molar-refractivity contribution < 1.29 is 17.9 Å². The van der Waals surface area contributed by atoms with Gasteiger partial charge in [-0.2, -0.15) is 4.31 Å². The minimum absolute atomic E-state index is 0.0749. The molecule has 0 bridgehead atoms. The summed E-state index contributed by atoms with van der Waals surface area (Å²) >= 11 is 0. The first kappa shape index (κ1) is 16.3. The first-order chi connectivity index (χ1) is 9.66. The molecule has 0 spiro atoms. The number of aryl methyl sites for hydroxylation is 1. The van der Waals surface area contributed by atoms with Gasteiger partial charge in [-0.25, -0.2) is 8.42 Å². The van der Waals surface area contributed by atoms with Crippen LogP contribution >= 0.6 is 0 Å². The van der Waals surface area contributed by atoms with Crippen LogP contribution in [0.15, 0.2) is 27.0 Å². The van der Waals surface area contributed by atoms with Crippen LogP contribution in [0.2, 0.25) is 0 Å². The molecule has 0 saturated carbocycles. The van der Waals surface area contributed by atoms with E-state index < -0.39 is 10.0 Å². The van der Waals surface area contributed by atoms with Gasteiger partial charge < -0.3 is 9.52 Å². The molecule has 6 heteroatoms. The SMILES string of the molecule is Cc1oc(CO)cc1S(=O)(=O)N1CC=C(C(C)(C)C)CC1. The van der Waals surface area contributed by atoms with E-state index in [2.05, 4.69) is 20.8 Å². The molecule has 0 radical (unpaired) electrons. The van der Waals surface area contributed by atoms with Gasteiger partial charge in [0.05, 0.1) is 0 Å². The summed E-state index contributed by atoms with van der Waals surface area (Å²) in [4.78, 5) is 0.152. The maximum Gasteiger partial charge on any atom is 0.246 e. The minimum Gasteiger partial charge on any atom is -0.462 e. The number of furan rings is 1. The summed E-state index contributed by atoms with van der Waals surface area (Å²) in [7, 11) is -3.57. The third-order valence-electron chi connectivity index (χ3n) is 3.83. The van der Waals surface area contributed by atoms with E-state index in [0.717, 1.165) is 6.42 Å². The lowest BCUT2D eigenvalue weighted by Gasteiger charge is -2.31. The number of aliphatic hydroxyl groups excluding tert-OH is 1.